The molecule has 0 saturated carbocycles. The number of ether oxygens (including phenoxy) is 1. The molecule has 2 rings (SSSR count). The van der Waals surface area contributed by atoms with Crippen LogP contribution in [0.4, 0.5) is 4.79 Å². The third kappa shape index (κ3) is 6.88. The zero-order chi connectivity index (χ0) is 23.2. The maximum Gasteiger partial charge on any atom is 0.407 e. The van der Waals surface area contributed by atoms with Crippen LogP contribution in [0.5, 0.6) is 0 Å². The number of nitrogens with zero attached hydrogens (tertiary/aromatic N) is 3. The maximum atomic E-state index is 12.9. The summed E-state index contributed by atoms with van der Waals surface area (Å²) in [5.41, 5.74) is 2.78. The number of carbonyl (C=O) groups excluding carboxylic acids is 2. The van der Waals surface area contributed by atoms with Gasteiger partial charge in [-0.05, 0) is 77.5 Å². The largest absolute Gasteiger partial charge is 0.444 e. The molecule has 170 valence electrons. The van der Waals surface area contributed by atoms with Crippen LogP contribution in [-0.4, -0.2) is 46.7 Å². The summed E-state index contributed by atoms with van der Waals surface area (Å²) < 4.78 is 7.48. The van der Waals surface area contributed by atoms with Gasteiger partial charge in [-0.25, -0.2) is 4.79 Å². The molecule has 0 aliphatic carbocycles. The zero-order valence-electron chi connectivity index (χ0n) is 19.7. The van der Waals surface area contributed by atoms with E-state index in [9.17, 15) is 14.9 Å². The van der Waals surface area contributed by atoms with E-state index in [0.29, 0.717) is 25.6 Å². The molecule has 1 aliphatic heterocycles. The fourth-order valence-electron chi connectivity index (χ4n) is 3.89. The normalized spacial score (nSPS) is 15.5. The molecule has 1 aromatic heterocycles. The summed E-state index contributed by atoms with van der Waals surface area (Å²) in [5.74, 6) is 0.0698. The van der Waals surface area contributed by atoms with E-state index in [2.05, 4.69) is 22.9 Å². The second-order valence-electron chi connectivity index (χ2n) is 9.27. The first-order chi connectivity index (χ1) is 14.6. The predicted molar refractivity (Wildman–Crippen MR) is 121 cm³/mol. The number of hydrogen-bond acceptors (Lipinski definition) is 4. The second kappa shape index (κ2) is 10.5. The van der Waals surface area contributed by atoms with Gasteiger partial charge < -0.3 is 19.5 Å². The monoisotopic (exact) mass is 428 g/mol. The first kappa shape index (κ1) is 24.5. The Morgan fingerprint density at radius 1 is 1.29 bits per heavy atom. The molecular weight excluding hydrogens is 392 g/mol. The number of carbonyl (C=O) groups is 2. The topological polar surface area (TPSA) is 87.4 Å². The van der Waals surface area contributed by atoms with E-state index in [1.807, 2.05) is 40.7 Å². The minimum Gasteiger partial charge on any atom is -0.444 e. The van der Waals surface area contributed by atoms with Crippen LogP contribution in [-0.2, 0) is 16.1 Å². The molecule has 1 N–H and O–H groups in total. The number of amides is 2. The van der Waals surface area contributed by atoms with E-state index >= 15 is 0 Å². The lowest BCUT2D eigenvalue weighted by Crippen LogP contribution is -2.42. The highest BCUT2D eigenvalue weighted by Crippen LogP contribution is 2.22. The van der Waals surface area contributed by atoms with Gasteiger partial charge in [0, 0.05) is 37.6 Å². The highest BCUT2D eigenvalue weighted by molar-refractivity contribution is 6.01. The molecule has 7 nitrogen and oxygen atoms in total. The van der Waals surface area contributed by atoms with Crippen LogP contribution in [0.3, 0.4) is 0 Å². The Morgan fingerprint density at radius 2 is 1.94 bits per heavy atom. The van der Waals surface area contributed by atoms with E-state index in [-0.39, 0.29) is 11.5 Å². The summed E-state index contributed by atoms with van der Waals surface area (Å²) in [6, 6.07) is 4.13. The van der Waals surface area contributed by atoms with Crippen LogP contribution in [0.1, 0.15) is 63.9 Å². The lowest BCUT2D eigenvalue weighted by atomic mass is 9.96. The molecule has 2 amide bonds. The van der Waals surface area contributed by atoms with E-state index < -0.39 is 11.7 Å². The lowest BCUT2D eigenvalue weighted by Gasteiger charge is -2.32. The Kier molecular flexibility index (Phi) is 8.32. The van der Waals surface area contributed by atoms with Crippen molar-refractivity contribution in [1.29, 1.82) is 5.26 Å². The number of piperidine rings is 1. The van der Waals surface area contributed by atoms with Gasteiger partial charge in [-0.1, -0.05) is 6.92 Å². The van der Waals surface area contributed by atoms with Gasteiger partial charge in [-0.2, -0.15) is 5.26 Å². The van der Waals surface area contributed by atoms with Crippen LogP contribution in [0, 0.1) is 31.1 Å². The Bertz CT molecular complexity index is 863. The van der Waals surface area contributed by atoms with Gasteiger partial charge in [0.1, 0.15) is 17.2 Å². The third-order valence-electron chi connectivity index (χ3n) is 5.55. The van der Waals surface area contributed by atoms with Gasteiger partial charge in [0.15, 0.2) is 0 Å². The summed E-state index contributed by atoms with van der Waals surface area (Å²) in [7, 11) is 0. The number of hydrogen-bond donors (Lipinski definition) is 1. The number of nitrogens with one attached hydrogen (secondary N) is 1. The predicted octanol–water partition coefficient (Wildman–Crippen LogP) is 4.19. The van der Waals surface area contributed by atoms with Crippen LogP contribution in [0.25, 0.3) is 6.08 Å². The van der Waals surface area contributed by atoms with Crippen molar-refractivity contribution in [2.45, 2.75) is 73.0 Å². The Labute approximate surface area is 186 Å². The van der Waals surface area contributed by atoms with Crippen LogP contribution >= 0.6 is 0 Å². The summed E-state index contributed by atoms with van der Waals surface area (Å²) in [6.07, 6.45) is 3.89. The molecule has 0 bridgehead atoms. The first-order valence-corrected chi connectivity index (χ1v) is 11.1. The van der Waals surface area contributed by atoms with Gasteiger partial charge in [-0.15, -0.1) is 0 Å². The molecular formula is C24H36N4O3. The molecule has 31 heavy (non-hydrogen) atoms. The van der Waals surface area contributed by atoms with Gasteiger partial charge in [-0.3, -0.25) is 4.79 Å². The number of alkyl carbamates (subject to hydrolysis) is 1. The molecule has 0 aromatic carbocycles. The Hall–Kier alpha value is -2.75. The first-order valence-electron chi connectivity index (χ1n) is 11.1. The van der Waals surface area contributed by atoms with Crippen molar-refractivity contribution in [3.8, 4) is 6.07 Å². The molecule has 1 aromatic rings. The van der Waals surface area contributed by atoms with Crippen molar-refractivity contribution in [2.75, 3.05) is 19.6 Å². The molecule has 0 radical (unpaired) electrons. The van der Waals surface area contributed by atoms with Crippen LogP contribution in [0.2, 0.25) is 0 Å². The van der Waals surface area contributed by atoms with E-state index in [1.54, 1.807) is 11.0 Å². The molecule has 2 heterocycles. The van der Waals surface area contributed by atoms with Gasteiger partial charge in [0.25, 0.3) is 5.91 Å². The van der Waals surface area contributed by atoms with Crippen molar-refractivity contribution < 1.29 is 14.3 Å². The SMILES string of the molecule is CCCn1c(C)cc(/C=C(/C#N)C(=O)N2CCC(CNC(=O)OC(C)(C)C)CC2)c1C. The van der Waals surface area contributed by atoms with Gasteiger partial charge >= 0.3 is 6.09 Å². The number of likely N-dealkylation sites (tertiary alicyclic amines) is 1. The molecule has 1 aliphatic rings. The Balaban J connectivity index is 1.95. The highest BCUT2D eigenvalue weighted by Gasteiger charge is 2.26. The van der Waals surface area contributed by atoms with Crippen LogP contribution in [0.15, 0.2) is 11.6 Å². The Morgan fingerprint density at radius 3 is 2.48 bits per heavy atom. The van der Waals surface area contributed by atoms with Crippen LogP contribution < -0.4 is 5.32 Å². The fourth-order valence-corrected chi connectivity index (χ4v) is 3.89. The van der Waals surface area contributed by atoms with Crippen molar-refractivity contribution in [3.05, 3.63) is 28.6 Å². The minimum atomic E-state index is -0.520. The smallest absolute Gasteiger partial charge is 0.407 e. The fraction of sp³-hybridized carbons (Fsp3) is 0.625. The molecule has 0 spiro atoms. The molecule has 0 atom stereocenters. The number of rotatable bonds is 6. The van der Waals surface area contributed by atoms with Gasteiger partial charge in [0.05, 0.1) is 0 Å². The standard InChI is InChI=1S/C24H36N4O3/c1-7-10-28-17(2)13-20(18(28)3)14-21(15-25)22(29)27-11-8-19(9-12-27)16-26-23(30)31-24(4,5)6/h13-14,19H,7-12,16H2,1-6H3,(H,26,30)/b21-14-. The van der Waals surface area contributed by atoms with E-state index in [0.717, 1.165) is 42.8 Å². The lowest BCUT2D eigenvalue weighted by molar-refractivity contribution is -0.128. The highest BCUT2D eigenvalue weighted by atomic mass is 16.6. The quantitative estimate of drug-likeness (QED) is 0.544. The minimum absolute atomic E-state index is 0.169. The molecule has 1 saturated heterocycles. The summed E-state index contributed by atoms with van der Waals surface area (Å²) in [5, 5.41) is 12.4. The molecule has 0 unspecified atom stereocenters. The molecule has 7 heteroatoms. The van der Waals surface area contributed by atoms with Crippen molar-refractivity contribution in [1.82, 2.24) is 14.8 Å². The van der Waals surface area contributed by atoms with Crippen molar-refractivity contribution >= 4 is 18.1 Å². The zero-order valence-corrected chi connectivity index (χ0v) is 19.7. The average Bonchev–Trinajstić information content (AvgIpc) is 2.97. The number of aromatic nitrogens is 1. The summed E-state index contributed by atoms with van der Waals surface area (Å²) in [6.45, 7) is 14.3. The van der Waals surface area contributed by atoms with E-state index in [4.69, 9.17) is 4.74 Å². The summed E-state index contributed by atoms with van der Waals surface area (Å²) >= 11 is 0. The van der Waals surface area contributed by atoms with Crippen molar-refractivity contribution in [2.24, 2.45) is 5.92 Å². The second-order valence-corrected chi connectivity index (χ2v) is 9.27. The number of aryl methyl sites for hydroxylation is 1. The third-order valence-corrected chi connectivity index (χ3v) is 5.55. The van der Waals surface area contributed by atoms with Crippen molar-refractivity contribution in [3.63, 3.8) is 0 Å². The maximum absolute atomic E-state index is 12.9. The summed E-state index contributed by atoms with van der Waals surface area (Å²) in [4.78, 5) is 26.5. The average molecular weight is 429 g/mol. The van der Waals surface area contributed by atoms with E-state index in [1.165, 1.54) is 0 Å². The number of nitriles is 1. The van der Waals surface area contributed by atoms with Gasteiger partial charge in [0.2, 0.25) is 0 Å². The molecule has 1 fully saturated rings.